The Bertz CT molecular complexity index is 2260. The molecular formula is C38H26N4Si. The fraction of sp³-hybridized carbons (Fsp3) is 0. The van der Waals surface area contributed by atoms with Gasteiger partial charge in [0.2, 0.25) is 8.07 Å². The number of nitrogens with zero attached hydrogens (tertiary/aromatic N) is 3. The minimum absolute atomic E-state index is 0.869. The summed E-state index contributed by atoms with van der Waals surface area (Å²) in [6.07, 6.45) is 5.62. The lowest BCUT2D eigenvalue weighted by molar-refractivity contribution is 1.18. The van der Waals surface area contributed by atoms with Crippen molar-refractivity contribution >= 4 is 50.8 Å². The van der Waals surface area contributed by atoms with Crippen LogP contribution in [0.1, 0.15) is 0 Å². The molecule has 202 valence electrons. The topological polar surface area (TPSA) is 46.5 Å². The van der Waals surface area contributed by atoms with Gasteiger partial charge in [-0.3, -0.25) is 4.98 Å². The molecule has 1 N–H and O–H groups in total. The van der Waals surface area contributed by atoms with Crippen LogP contribution in [0.5, 0.6) is 0 Å². The Hall–Kier alpha value is -5.52. The number of imidazole rings is 1. The summed E-state index contributed by atoms with van der Waals surface area (Å²) in [5.41, 5.74) is 7.20. The Balaban J connectivity index is 1.36. The Kier molecular flexibility index (Phi) is 5.18. The smallest absolute Gasteiger partial charge is 0.203 e. The second-order valence-electron chi connectivity index (χ2n) is 11.1. The average molecular weight is 567 g/mol. The van der Waals surface area contributed by atoms with E-state index >= 15 is 0 Å². The third-order valence-corrected chi connectivity index (χ3v) is 13.7. The van der Waals surface area contributed by atoms with Gasteiger partial charge in [-0.2, -0.15) is 0 Å². The molecule has 1 aliphatic heterocycles. The highest BCUT2D eigenvalue weighted by atomic mass is 28.3. The number of rotatable bonds is 4. The first-order chi connectivity index (χ1) is 21.3. The molecule has 0 aliphatic carbocycles. The van der Waals surface area contributed by atoms with Gasteiger partial charge < -0.3 is 9.55 Å². The van der Waals surface area contributed by atoms with Crippen molar-refractivity contribution in [2.75, 3.05) is 0 Å². The summed E-state index contributed by atoms with van der Waals surface area (Å²) in [6.45, 7) is 0. The number of nitrogens with one attached hydrogen (secondary N) is 1. The lowest BCUT2D eigenvalue weighted by Crippen LogP contribution is -2.73. The number of aromatic amines is 1. The molecule has 4 heterocycles. The van der Waals surface area contributed by atoms with Gasteiger partial charge in [0.1, 0.15) is 5.82 Å². The van der Waals surface area contributed by atoms with Gasteiger partial charge in [0, 0.05) is 45.9 Å². The van der Waals surface area contributed by atoms with Crippen LogP contribution in [-0.2, 0) is 0 Å². The molecule has 0 spiro atoms. The highest BCUT2D eigenvalue weighted by molar-refractivity contribution is 7.21. The Morgan fingerprint density at radius 1 is 0.558 bits per heavy atom. The van der Waals surface area contributed by atoms with Crippen LogP contribution in [0.4, 0.5) is 0 Å². The molecule has 0 amide bonds. The first kappa shape index (κ1) is 24.1. The first-order valence-electron chi connectivity index (χ1n) is 14.6. The van der Waals surface area contributed by atoms with Crippen molar-refractivity contribution in [1.82, 2.24) is 19.5 Å². The normalized spacial score (nSPS) is 13.3. The van der Waals surface area contributed by atoms with Crippen LogP contribution < -0.4 is 20.9 Å². The second-order valence-corrected chi connectivity index (χ2v) is 14.8. The van der Waals surface area contributed by atoms with Crippen molar-refractivity contribution in [1.29, 1.82) is 0 Å². The van der Waals surface area contributed by atoms with Crippen LogP contribution >= 0.6 is 0 Å². The van der Waals surface area contributed by atoms with Crippen LogP contribution in [0.3, 0.4) is 0 Å². The van der Waals surface area contributed by atoms with E-state index in [0.29, 0.717) is 0 Å². The van der Waals surface area contributed by atoms with Crippen molar-refractivity contribution < 1.29 is 0 Å². The zero-order valence-electron chi connectivity index (χ0n) is 23.3. The quantitative estimate of drug-likeness (QED) is 0.269. The van der Waals surface area contributed by atoms with E-state index in [1.807, 2.05) is 18.5 Å². The fourth-order valence-corrected chi connectivity index (χ4v) is 12.3. The molecule has 0 bridgehead atoms. The molecule has 8 aromatic rings. The van der Waals surface area contributed by atoms with Crippen LogP contribution in [0.2, 0.25) is 0 Å². The number of pyridine rings is 1. The number of aromatic nitrogens is 4. The zero-order valence-corrected chi connectivity index (χ0v) is 24.3. The zero-order chi connectivity index (χ0) is 28.4. The van der Waals surface area contributed by atoms with Crippen LogP contribution in [0.25, 0.3) is 50.0 Å². The number of para-hydroxylation sites is 1. The SMILES string of the molecule is c1ccc([Si]2(c3cccc(-n4c5ccccc5c5ccc(-c6ncc[nH]6)cc54)c3)c3ccccc3-c3ccccc32)nc1. The molecular weight excluding hydrogens is 541 g/mol. The van der Waals surface area contributed by atoms with Crippen LogP contribution in [0.15, 0.2) is 152 Å². The molecule has 43 heavy (non-hydrogen) atoms. The molecule has 0 unspecified atom stereocenters. The molecule has 5 aromatic carbocycles. The van der Waals surface area contributed by atoms with Crippen molar-refractivity contribution in [3.05, 3.63) is 152 Å². The monoisotopic (exact) mass is 566 g/mol. The molecule has 0 fully saturated rings. The summed E-state index contributed by atoms with van der Waals surface area (Å²) in [5.74, 6) is 0.869. The molecule has 0 saturated heterocycles. The maximum atomic E-state index is 5.08. The van der Waals surface area contributed by atoms with E-state index in [1.165, 1.54) is 43.0 Å². The second kappa shape index (κ2) is 9.24. The van der Waals surface area contributed by atoms with Crippen LogP contribution in [0, 0.1) is 0 Å². The standard InChI is InChI=1S/C38H26N4Si/c1-4-15-33-29(12-1)30-20-19-26(38-40-22-23-41-38)24-34(30)42(33)27-10-9-11-28(25-27)43(37-18-7-8-21-39-37)35-16-5-2-13-31(35)32-14-3-6-17-36(32)43/h1-25H,(H,40,41). The number of benzene rings is 5. The molecule has 0 atom stereocenters. The maximum absolute atomic E-state index is 5.08. The lowest BCUT2D eigenvalue weighted by atomic mass is 10.1. The minimum Gasteiger partial charge on any atom is -0.345 e. The molecule has 3 aromatic heterocycles. The summed E-state index contributed by atoms with van der Waals surface area (Å²) in [7, 11) is -2.70. The van der Waals surface area contributed by atoms with Crippen molar-refractivity contribution in [3.8, 4) is 28.2 Å². The minimum atomic E-state index is -2.70. The number of fused-ring (bicyclic) bond motifs is 6. The summed E-state index contributed by atoms with van der Waals surface area (Å²) >= 11 is 0. The van der Waals surface area contributed by atoms with E-state index in [4.69, 9.17) is 4.98 Å². The van der Waals surface area contributed by atoms with E-state index in [9.17, 15) is 0 Å². The number of hydrogen-bond donors (Lipinski definition) is 1. The Morgan fingerprint density at radius 2 is 1.30 bits per heavy atom. The lowest BCUT2D eigenvalue weighted by Gasteiger charge is -2.30. The third-order valence-electron chi connectivity index (χ3n) is 8.98. The molecule has 0 saturated carbocycles. The van der Waals surface area contributed by atoms with E-state index < -0.39 is 8.07 Å². The highest BCUT2D eigenvalue weighted by Crippen LogP contribution is 2.35. The highest BCUT2D eigenvalue weighted by Gasteiger charge is 2.49. The van der Waals surface area contributed by atoms with Gasteiger partial charge in [0.25, 0.3) is 0 Å². The van der Waals surface area contributed by atoms with Gasteiger partial charge in [-0.25, -0.2) is 4.98 Å². The van der Waals surface area contributed by atoms with Crippen molar-refractivity contribution in [3.63, 3.8) is 0 Å². The van der Waals surface area contributed by atoms with Gasteiger partial charge in [-0.15, -0.1) is 0 Å². The largest absolute Gasteiger partial charge is 0.345 e. The predicted octanol–water partition coefficient (Wildman–Crippen LogP) is 5.93. The summed E-state index contributed by atoms with van der Waals surface area (Å²) < 4.78 is 2.41. The first-order valence-corrected chi connectivity index (χ1v) is 16.6. The summed E-state index contributed by atoms with van der Waals surface area (Å²) in [5, 5.41) is 7.75. The Morgan fingerprint density at radius 3 is 2.07 bits per heavy atom. The third kappa shape index (κ3) is 3.37. The van der Waals surface area contributed by atoms with Gasteiger partial charge in [-0.1, -0.05) is 97.1 Å². The Labute approximate surface area is 250 Å². The van der Waals surface area contributed by atoms with Gasteiger partial charge in [0.15, 0.2) is 0 Å². The molecule has 0 radical (unpaired) electrons. The predicted molar refractivity (Wildman–Crippen MR) is 179 cm³/mol. The molecule has 9 rings (SSSR count). The average Bonchev–Trinajstić information content (AvgIpc) is 3.80. The van der Waals surface area contributed by atoms with E-state index in [0.717, 1.165) is 27.9 Å². The van der Waals surface area contributed by atoms with Gasteiger partial charge >= 0.3 is 0 Å². The number of hydrogen-bond acceptors (Lipinski definition) is 2. The van der Waals surface area contributed by atoms with Gasteiger partial charge in [-0.05, 0) is 63.1 Å². The number of H-pyrrole nitrogens is 1. The van der Waals surface area contributed by atoms with Crippen molar-refractivity contribution in [2.24, 2.45) is 0 Å². The maximum Gasteiger partial charge on any atom is 0.203 e. The van der Waals surface area contributed by atoms with Crippen molar-refractivity contribution in [2.45, 2.75) is 0 Å². The molecule has 5 heteroatoms. The summed E-state index contributed by atoms with van der Waals surface area (Å²) in [6, 6.07) is 48.8. The van der Waals surface area contributed by atoms with Crippen LogP contribution in [-0.4, -0.2) is 27.6 Å². The molecule has 4 nitrogen and oxygen atoms in total. The molecule has 1 aliphatic rings. The summed E-state index contributed by atoms with van der Waals surface area (Å²) in [4.78, 5) is 12.9. The van der Waals surface area contributed by atoms with E-state index in [-0.39, 0.29) is 0 Å². The van der Waals surface area contributed by atoms with E-state index in [2.05, 4.69) is 142 Å². The van der Waals surface area contributed by atoms with E-state index in [1.54, 1.807) is 6.20 Å². The van der Waals surface area contributed by atoms with Gasteiger partial charge in [0.05, 0.1) is 11.0 Å². The fourth-order valence-electron chi connectivity index (χ4n) is 7.25.